The zero-order valence-corrected chi connectivity index (χ0v) is 5.99. The van der Waals surface area contributed by atoms with Crippen LogP contribution in [0.3, 0.4) is 0 Å². The van der Waals surface area contributed by atoms with Crippen LogP contribution in [0.5, 0.6) is 0 Å². The van der Waals surface area contributed by atoms with Gasteiger partial charge in [-0.3, -0.25) is 4.79 Å². The maximum atomic E-state index is 12.4. The lowest BCUT2D eigenvalue weighted by atomic mass is 10.1. The van der Waals surface area contributed by atoms with Crippen molar-refractivity contribution in [2.75, 3.05) is 0 Å². The first-order valence-corrected chi connectivity index (χ1v) is 3.34. The molecule has 0 N–H and O–H groups in total. The minimum atomic E-state index is -0.553. The van der Waals surface area contributed by atoms with Gasteiger partial charge in [0.15, 0.2) is 0 Å². The number of rotatable bonds is 1. The highest BCUT2D eigenvalue weighted by Crippen LogP contribution is 2.19. The molecule has 10 heavy (non-hydrogen) atoms. The molecule has 3 heteroatoms. The average Bonchev–Trinajstić information content (AvgIpc) is 1.88. The summed E-state index contributed by atoms with van der Waals surface area (Å²) >= 11 is 5.12. The molecule has 0 fully saturated rings. The molecule has 0 aromatic heterocycles. The predicted molar refractivity (Wildman–Crippen MR) is 37.4 cm³/mol. The smallest absolute Gasteiger partial charge is 0.248 e. The van der Waals surface area contributed by atoms with Gasteiger partial charge in [0.2, 0.25) is 5.24 Å². The van der Waals surface area contributed by atoms with E-state index in [-0.39, 0.29) is 5.83 Å². The minimum Gasteiger partial charge on any atom is -0.276 e. The number of carbonyl (C=O) groups is 1. The second-order valence-corrected chi connectivity index (χ2v) is 2.41. The van der Waals surface area contributed by atoms with Gasteiger partial charge in [-0.2, -0.15) is 0 Å². The van der Waals surface area contributed by atoms with E-state index in [1.54, 1.807) is 0 Å². The third-order valence-corrected chi connectivity index (χ3v) is 1.56. The summed E-state index contributed by atoms with van der Waals surface area (Å²) in [7, 11) is 0. The number of hydrogen-bond acceptors (Lipinski definition) is 1. The van der Waals surface area contributed by atoms with E-state index in [4.69, 9.17) is 11.6 Å². The molecular formula is C7H6ClFO. The molecule has 0 bridgehead atoms. The Kier molecular flexibility index (Phi) is 2.22. The van der Waals surface area contributed by atoms with Gasteiger partial charge >= 0.3 is 0 Å². The Bertz CT molecular complexity index is 218. The first-order chi connectivity index (χ1) is 4.70. The van der Waals surface area contributed by atoms with E-state index in [0.717, 1.165) is 0 Å². The Morgan fingerprint density at radius 2 is 2.40 bits per heavy atom. The molecule has 1 aliphatic rings. The second kappa shape index (κ2) is 2.97. The highest BCUT2D eigenvalue weighted by molar-refractivity contribution is 6.67. The summed E-state index contributed by atoms with van der Waals surface area (Å²) in [5, 5.41) is -0.553. The van der Waals surface area contributed by atoms with Crippen LogP contribution in [-0.4, -0.2) is 5.24 Å². The summed E-state index contributed by atoms with van der Waals surface area (Å²) in [6.07, 6.45) is 3.73. The van der Waals surface area contributed by atoms with Gasteiger partial charge in [0.05, 0.1) is 0 Å². The Morgan fingerprint density at radius 1 is 1.70 bits per heavy atom. The molecule has 54 valence electrons. The average molecular weight is 161 g/mol. The Labute approximate surface area is 63.2 Å². The lowest BCUT2D eigenvalue weighted by Gasteiger charge is -2.03. The predicted octanol–water partition coefficient (Wildman–Crippen LogP) is 2.33. The maximum Gasteiger partial charge on any atom is 0.248 e. The van der Waals surface area contributed by atoms with Gasteiger partial charge in [0.1, 0.15) is 5.83 Å². The van der Waals surface area contributed by atoms with Crippen LogP contribution in [0, 0.1) is 0 Å². The van der Waals surface area contributed by atoms with E-state index >= 15 is 0 Å². The third-order valence-electron chi connectivity index (χ3n) is 1.32. The molecule has 0 aromatic rings. The molecule has 1 aliphatic carbocycles. The number of carbonyl (C=O) groups excluding carboxylic acids is 1. The van der Waals surface area contributed by atoms with Gasteiger partial charge in [-0.25, -0.2) is 4.39 Å². The quantitative estimate of drug-likeness (QED) is 0.538. The molecule has 1 nitrogen and oxygen atoms in total. The van der Waals surface area contributed by atoms with Crippen molar-refractivity contribution < 1.29 is 9.18 Å². The fraction of sp³-hybridized carbons (Fsp3) is 0.286. The van der Waals surface area contributed by atoms with Crippen LogP contribution < -0.4 is 0 Å². The summed E-state index contributed by atoms with van der Waals surface area (Å²) in [5.74, 6) is -0.366. The summed E-state index contributed by atoms with van der Waals surface area (Å²) in [4.78, 5) is 10.4. The van der Waals surface area contributed by atoms with Gasteiger partial charge in [-0.05, 0) is 36.6 Å². The summed E-state index contributed by atoms with van der Waals surface area (Å²) in [6, 6.07) is 0. The van der Waals surface area contributed by atoms with E-state index in [1.165, 1.54) is 12.2 Å². The molecule has 0 spiro atoms. The fourth-order valence-electron chi connectivity index (χ4n) is 0.818. The second-order valence-electron chi connectivity index (χ2n) is 2.07. The van der Waals surface area contributed by atoms with Crippen LogP contribution >= 0.6 is 11.6 Å². The van der Waals surface area contributed by atoms with Gasteiger partial charge in [0, 0.05) is 5.57 Å². The van der Waals surface area contributed by atoms with Crippen molar-refractivity contribution in [3.05, 3.63) is 23.6 Å². The molecule has 0 amide bonds. The summed E-state index contributed by atoms with van der Waals surface area (Å²) in [6.45, 7) is 0. The van der Waals surface area contributed by atoms with Crippen molar-refractivity contribution in [3.8, 4) is 0 Å². The van der Waals surface area contributed by atoms with Gasteiger partial charge in [0.25, 0.3) is 0 Å². The van der Waals surface area contributed by atoms with E-state index < -0.39 is 5.24 Å². The number of hydrogen-bond donors (Lipinski definition) is 0. The van der Waals surface area contributed by atoms with E-state index in [9.17, 15) is 9.18 Å². The normalized spacial score (nSPS) is 17.8. The molecule has 0 saturated carbocycles. The molecular weight excluding hydrogens is 155 g/mol. The monoisotopic (exact) mass is 160 g/mol. The lowest BCUT2D eigenvalue weighted by molar-refractivity contribution is -0.108. The Hall–Kier alpha value is -0.630. The van der Waals surface area contributed by atoms with Gasteiger partial charge in [-0.1, -0.05) is 0 Å². The molecule has 0 aromatic carbocycles. The van der Waals surface area contributed by atoms with Crippen molar-refractivity contribution in [2.24, 2.45) is 0 Å². The molecule has 0 saturated heterocycles. The first-order valence-electron chi connectivity index (χ1n) is 2.96. The topological polar surface area (TPSA) is 17.1 Å². The molecule has 0 heterocycles. The Morgan fingerprint density at radius 3 is 2.80 bits per heavy atom. The Balaban J connectivity index is 2.78. The van der Waals surface area contributed by atoms with E-state index in [2.05, 4.69) is 0 Å². The van der Waals surface area contributed by atoms with Crippen molar-refractivity contribution in [1.82, 2.24) is 0 Å². The van der Waals surface area contributed by atoms with Gasteiger partial charge in [-0.15, -0.1) is 0 Å². The van der Waals surface area contributed by atoms with Crippen LogP contribution in [0.4, 0.5) is 4.39 Å². The van der Waals surface area contributed by atoms with Crippen LogP contribution in [0.15, 0.2) is 23.6 Å². The summed E-state index contributed by atoms with van der Waals surface area (Å²) < 4.78 is 12.4. The minimum absolute atomic E-state index is 0.363. The SMILES string of the molecule is O=C(Cl)C1=CC(F)=CCC1. The third kappa shape index (κ3) is 1.67. The van der Waals surface area contributed by atoms with Crippen LogP contribution in [-0.2, 0) is 4.79 Å². The highest BCUT2D eigenvalue weighted by atomic mass is 35.5. The molecule has 1 rings (SSSR count). The first kappa shape index (κ1) is 7.48. The van der Waals surface area contributed by atoms with Crippen LogP contribution in [0.2, 0.25) is 0 Å². The van der Waals surface area contributed by atoms with E-state index in [1.807, 2.05) is 0 Å². The lowest BCUT2D eigenvalue weighted by Crippen LogP contribution is -1.96. The largest absolute Gasteiger partial charge is 0.276 e. The molecule has 0 radical (unpaired) electrons. The fourth-order valence-corrected chi connectivity index (χ4v) is 0.967. The van der Waals surface area contributed by atoms with Crippen molar-refractivity contribution in [1.29, 1.82) is 0 Å². The van der Waals surface area contributed by atoms with Crippen molar-refractivity contribution >= 4 is 16.8 Å². The molecule has 0 unspecified atom stereocenters. The molecule has 0 atom stereocenters. The highest BCUT2D eigenvalue weighted by Gasteiger charge is 2.09. The zero-order chi connectivity index (χ0) is 7.56. The van der Waals surface area contributed by atoms with Crippen LogP contribution in [0.25, 0.3) is 0 Å². The number of allylic oxidation sites excluding steroid dienone is 4. The maximum absolute atomic E-state index is 12.4. The van der Waals surface area contributed by atoms with Gasteiger partial charge < -0.3 is 0 Å². The molecule has 0 aliphatic heterocycles. The zero-order valence-electron chi connectivity index (χ0n) is 5.23. The van der Waals surface area contributed by atoms with Crippen molar-refractivity contribution in [2.45, 2.75) is 12.8 Å². The number of halogens is 2. The summed E-state index contributed by atoms with van der Waals surface area (Å²) in [5.41, 5.74) is 0.363. The van der Waals surface area contributed by atoms with E-state index in [0.29, 0.717) is 18.4 Å². The standard InChI is InChI=1S/C7H6ClFO/c8-7(10)5-2-1-3-6(9)4-5/h3-4H,1-2H2. The van der Waals surface area contributed by atoms with Crippen LogP contribution in [0.1, 0.15) is 12.8 Å². The van der Waals surface area contributed by atoms with Crippen molar-refractivity contribution in [3.63, 3.8) is 0 Å².